The predicted octanol–water partition coefficient (Wildman–Crippen LogP) is 0.151. The van der Waals surface area contributed by atoms with Gasteiger partial charge in [-0.05, 0) is 13.8 Å². The van der Waals surface area contributed by atoms with E-state index >= 15 is 0 Å². The topological polar surface area (TPSA) is 95.9 Å². The largest absolute Gasteiger partial charge is 0.480 e. The van der Waals surface area contributed by atoms with Crippen LogP contribution in [-0.4, -0.2) is 64.7 Å². The lowest BCUT2D eigenvalue weighted by atomic mass is 10.2. The monoisotopic (exact) mass is 290 g/mol. The molecular weight excluding hydrogens is 272 g/mol. The Kier molecular flexibility index (Phi) is 5.61. The fraction of sp³-hybridized carbons (Fsp3) is 0.727. The first-order chi connectivity index (χ1) is 8.80. The summed E-state index contributed by atoms with van der Waals surface area (Å²) in [6.45, 7) is 4.22. The van der Waals surface area contributed by atoms with Crippen molar-refractivity contribution in [1.82, 2.24) is 10.2 Å². The fourth-order valence-electron chi connectivity index (χ4n) is 1.66. The highest BCUT2D eigenvalue weighted by atomic mass is 32.2. The number of ether oxygens (including phenoxy) is 1. The van der Waals surface area contributed by atoms with Crippen LogP contribution in [0.25, 0.3) is 0 Å². The normalized spacial score (nSPS) is 17.9. The molecule has 0 aromatic rings. The minimum atomic E-state index is -1.16. The Hall–Kier alpha value is -1.28. The van der Waals surface area contributed by atoms with E-state index in [1.54, 1.807) is 16.7 Å². The number of thioether (sulfide) groups is 1. The lowest BCUT2D eigenvalue weighted by Crippen LogP contribution is -2.51. The third-order valence-electron chi connectivity index (χ3n) is 2.42. The molecule has 108 valence electrons. The van der Waals surface area contributed by atoms with Gasteiger partial charge in [-0.25, -0.2) is 9.59 Å². The highest BCUT2D eigenvalue weighted by Gasteiger charge is 2.30. The van der Waals surface area contributed by atoms with E-state index in [2.05, 4.69) is 10.1 Å². The summed E-state index contributed by atoms with van der Waals surface area (Å²) < 4.78 is 4.57. The number of aliphatic carboxylic acids is 1. The Labute approximate surface area is 115 Å². The van der Waals surface area contributed by atoms with E-state index in [0.717, 1.165) is 5.75 Å². The number of carboxylic acids is 1. The quantitative estimate of drug-likeness (QED) is 0.765. The van der Waals surface area contributed by atoms with Crippen LogP contribution in [0.3, 0.4) is 0 Å². The molecule has 3 amide bonds. The van der Waals surface area contributed by atoms with Crippen LogP contribution in [-0.2, 0) is 14.3 Å². The van der Waals surface area contributed by atoms with Gasteiger partial charge in [0, 0.05) is 23.6 Å². The van der Waals surface area contributed by atoms with Crippen molar-refractivity contribution in [2.75, 3.05) is 32.1 Å². The number of hydrogen-bond donors (Lipinski definition) is 2. The van der Waals surface area contributed by atoms with Gasteiger partial charge < -0.3 is 14.7 Å². The van der Waals surface area contributed by atoms with Crippen LogP contribution in [0.5, 0.6) is 0 Å². The van der Waals surface area contributed by atoms with Gasteiger partial charge in [-0.2, -0.15) is 11.8 Å². The molecule has 0 aliphatic carbocycles. The van der Waals surface area contributed by atoms with E-state index in [1.165, 1.54) is 0 Å². The zero-order valence-electron chi connectivity index (χ0n) is 11.0. The molecule has 0 aromatic heterocycles. The molecule has 0 atom stereocenters. The van der Waals surface area contributed by atoms with Crippen molar-refractivity contribution in [2.24, 2.45) is 0 Å². The lowest BCUT2D eigenvalue weighted by molar-refractivity contribution is -0.143. The Morgan fingerprint density at radius 3 is 2.63 bits per heavy atom. The van der Waals surface area contributed by atoms with Gasteiger partial charge in [0.05, 0.1) is 0 Å². The smallest absolute Gasteiger partial charge is 0.329 e. The van der Waals surface area contributed by atoms with Crippen LogP contribution >= 0.6 is 11.8 Å². The molecule has 2 N–H and O–H groups in total. The molecule has 1 aliphatic heterocycles. The fourth-order valence-corrected chi connectivity index (χ4v) is 2.77. The van der Waals surface area contributed by atoms with Gasteiger partial charge in [0.25, 0.3) is 5.91 Å². The zero-order chi connectivity index (χ0) is 14.5. The molecule has 8 heteroatoms. The van der Waals surface area contributed by atoms with E-state index in [9.17, 15) is 14.4 Å². The Balaban J connectivity index is 2.33. The number of rotatable bonds is 4. The van der Waals surface area contributed by atoms with Gasteiger partial charge in [-0.1, -0.05) is 0 Å². The van der Waals surface area contributed by atoms with Crippen LogP contribution in [0.1, 0.15) is 13.8 Å². The molecule has 0 saturated carbocycles. The number of carbonyl (C=O) groups excluding carboxylic acids is 2. The minimum absolute atomic E-state index is 0.0293. The summed E-state index contributed by atoms with van der Waals surface area (Å²) in [7, 11) is 0. The number of imide groups is 1. The van der Waals surface area contributed by atoms with Crippen molar-refractivity contribution in [2.45, 2.75) is 18.6 Å². The van der Waals surface area contributed by atoms with Crippen molar-refractivity contribution >= 4 is 29.7 Å². The molecule has 0 radical (unpaired) electrons. The third-order valence-corrected chi connectivity index (χ3v) is 3.72. The third kappa shape index (κ3) is 5.93. The molecule has 19 heavy (non-hydrogen) atoms. The zero-order valence-corrected chi connectivity index (χ0v) is 11.8. The molecule has 0 bridgehead atoms. The lowest BCUT2D eigenvalue weighted by Gasteiger charge is -2.37. The molecule has 1 rings (SSSR count). The Morgan fingerprint density at radius 2 is 2.05 bits per heavy atom. The van der Waals surface area contributed by atoms with Gasteiger partial charge in [0.1, 0.15) is 13.2 Å². The van der Waals surface area contributed by atoms with E-state index < -0.39 is 31.1 Å². The second-order valence-corrected chi connectivity index (χ2v) is 6.57. The number of carbonyl (C=O) groups is 3. The molecule has 1 aliphatic rings. The first kappa shape index (κ1) is 15.8. The Bertz CT molecular complexity index is 372. The average molecular weight is 290 g/mol. The van der Waals surface area contributed by atoms with Gasteiger partial charge in [0.15, 0.2) is 0 Å². The second kappa shape index (κ2) is 6.76. The first-order valence-electron chi connectivity index (χ1n) is 5.82. The molecule has 1 saturated heterocycles. The molecule has 0 aromatic carbocycles. The number of nitrogens with one attached hydrogen (secondary N) is 1. The Morgan fingerprint density at radius 1 is 1.37 bits per heavy atom. The molecule has 1 fully saturated rings. The van der Waals surface area contributed by atoms with Crippen LogP contribution in [0.15, 0.2) is 0 Å². The summed E-state index contributed by atoms with van der Waals surface area (Å²) in [6.07, 6.45) is 0. The molecule has 0 spiro atoms. The molecule has 7 nitrogen and oxygen atoms in total. The summed E-state index contributed by atoms with van der Waals surface area (Å²) in [5, 5.41) is 10.5. The van der Waals surface area contributed by atoms with Crippen molar-refractivity contribution in [3.8, 4) is 0 Å². The number of hydrogen-bond acceptors (Lipinski definition) is 5. The predicted molar refractivity (Wildman–Crippen MR) is 70.1 cm³/mol. The SMILES string of the molecule is CC1(C)CN(C(=O)NC(=O)COCC(=O)O)CCS1. The van der Waals surface area contributed by atoms with Crippen molar-refractivity contribution < 1.29 is 24.2 Å². The first-order valence-corrected chi connectivity index (χ1v) is 6.81. The number of nitrogens with zero attached hydrogens (tertiary/aromatic N) is 1. The number of urea groups is 1. The summed E-state index contributed by atoms with van der Waals surface area (Å²) in [5.41, 5.74) is 0. The minimum Gasteiger partial charge on any atom is -0.480 e. The summed E-state index contributed by atoms with van der Waals surface area (Å²) in [5.74, 6) is -0.972. The van der Waals surface area contributed by atoms with Crippen molar-refractivity contribution in [3.05, 3.63) is 0 Å². The van der Waals surface area contributed by atoms with E-state index in [-0.39, 0.29) is 4.75 Å². The maximum atomic E-state index is 11.8. The van der Waals surface area contributed by atoms with Crippen LogP contribution in [0.2, 0.25) is 0 Å². The average Bonchev–Trinajstić information content (AvgIpc) is 2.26. The highest BCUT2D eigenvalue weighted by Crippen LogP contribution is 2.29. The summed E-state index contributed by atoms with van der Waals surface area (Å²) >= 11 is 1.78. The van der Waals surface area contributed by atoms with Crippen molar-refractivity contribution in [3.63, 3.8) is 0 Å². The van der Waals surface area contributed by atoms with Gasteiger partial charge in [0.2, 0.25) is 0 Å². The number of carboxylic acid groups (broad SMARTS) is 1. The molecule has 0 unspecified atom stereocenters. The van der Waals surface area contributed by atoms with Crippen LogP contribution < -0.4 is 5.32 Å². The maximum Gasteiger partial charge on any atom is 0.329 e. The van der Waals surface area contributed by atoms with Gasteiger partial charge in [-0.3, -0.25) is 10.1 Å². The van der Waals surface area contributed by atoms with Crippen molar-refractivity contribution in [1.29, 1.82) is 0 Å². The summed E-state index contributed by atoms with van der Waals surface area (Å²) in [6, 6.07) is -0.461. The molecule has 1 heterocycles. The molecular formula is C11H18N2O5S. The van der Waals surface area contributed by atoms with E-state index in [0.29, 0.717) is 13.1 Å². The van der Waals surface area contributed by atoms with Crippen LogP contribution in [0.4, 0.5) is 4.79 Å². The van der Waals surface area contributed by atoms with Gasteiger partial charge >= 0.3 is 12.0 Å². The maximum absolute atomic E-state index is 11.8. The standard InChI is InChI=1S/C11H18N2O5S/c1-11(2)7-13(3-4-19-11)10(17)12-8(14)5-18-6-9(15)16/h3-7H2,1-2H3,(H,15,16)(H,12,14,17). The van der Waals surface area contributed by atoms with E-state index in [4.69, 9.17) is 5.11 Å². The highest BCUT2D eigenvalue weighted by molar-refractivity contribution is 8.00. The number of amides is 3. The van der Waals surface area contributed by atoms with Crippen LogP contribution in [0, 0.1) is 0 Å². The summed E-state index contributed by atoms with van der Waals surface area (Å²) in [4.78, 5) is 34.9. The second-order valence-electron chi connectivity index (χ2n) is 4.77. The van der Waals surface area contributed by atoms with E-state index in [1.807, 2.05) is 13.8 Å². The van der Waals surface area contributed by atoms with Gasteiger partial charge in [-0.15, -0.1) is 0 Å².